The fourth-order valence-corrected chi connectivity index (χ4v) is 14.2. The minimum atomic E-state index is -5.26. The number of anilines is 3. The van der Waals surface area contributed by atoms with Gasteiger partial charge in [-0.05, 0) is 90.2 Å². The van der Waals surface area contributed by atoms with Crippen LogP contribution < -0.4 is 41.2 Å². The van der Waals surface area contributed by atoms with Gasteiger partial charge in [-0.3, -0.25) is 23.2 Å². The van der Waals surface area contributed by atoms with Crippen molar-refractivity contribution in [2.75, 3.05) is 62.3 Å². The number of aliphatic hydroxyl groups is 1. The first-order valence-electron chi connectivity index (χ1n) is 28.1. The van der Waals surface area contributed by atoms with Gasteiger partial charge in [-0.25, -0.2) is 28.7 Å². The van der Waals surface area contributed by atoms with Crippen molar-refractivity contribution in [1.82, 2.24) is 34.3 Å². The highest BCUT2D eigenvalue weighted by Crippen LogP contribution is 2.52. The number of likely N-dealkylation sites (N-methyl/N-ethyl adjacent to an activating group) is 2. The molecule has 2 amide bonds. The van der Waals surface area contributed by atoms with E-state index in [0.717, 1.165) is 59.2 Å². The molecule has 0 unspecified atom stereocenters. The average molecular weight is 1310 g/mol. The average Bonchev–Trinajstić information content (AvgIpc) is 0.913. The Morgan fingerprint density at radius 1 is 0.860 bits per heavy atom. The molecule has 23 nitrogen and oxygen atoms in total. The van der Waals surface area contributed by atoms with Gasteiger partial charge in [-0.15, -0.1) is 0 Å². The number of unbranched alkanes of at least 4 members (excludes halogenated alkanes) is 3. The molecule has 4 aliphatic rings. The summed E-state index contributed by atoms with van der Waals surface area (Å²) in [5.41, 5.74) is 12.5. The molecular formula is C57H71Cl4N10O13P2+. The zero-order valence-corrected chi connectivity index (χ0v) is 53.8. The molecule has 6 heterocycles. The molecule has 0 spiro atoms. The maximum Gasteiger partial charge on any atom is 0.470 e. The van der Waals surface area contributed by atoms with Gasteiger partial charge in [0.05, 0.1) is 43.9 Å². The molecule has 2 aromatic heterocycles. The van der Waals surface area contributed by atoms with Crippen LogP contribution in [0.25, 0.3) is 27.9 Å². The van der Waals surface area contributed by atoms with E-state index >= 15 is 4.79 Å². The van der Waals surface area contributed by atoms with Gasteiger partial charge in [0.2, 0.25) is 17.2 Å². The van der Waals surface area contributed by atoms with Gasteiger partial charge < -0.3 is 60.3 Å². The monoisotopic (exact) mass is 1310 g/mol. The van der Waals surface area contributed by atoms with Gasteiger partial charge in [0.1, 0.15) is 42.7 Å². The minimum absolute atomic E-state index is 0.0111. The zero-order valence-electron chi connectivity index (χ0n) is 49.0. The van der Waals surface area contributed by atoms with Crippen LogP contribution >= 0.6 is 62.0 Å². The third kappa shape index (κ3) is 13.1. The number of nitrogen functional groups attached to an aromatic ring is 1. The van der Waals surface area contributed by atoms with Gasteiger partial charge in [0, 0.05) is 98.3 Å². The first-order valence-corrected chi connectivity index (χ1v) is 32.7. The molecule has 4 aliphatic heterocycles. The summed E-state index contributed by atoms with van der Waals surface area (Å²) in [6, 6.07) is 8.32. The molecule has 9 N–H and O–H groups in total. The number of aliphatic hydroxyl groups excluding tert-OH is 1. The van der Waals surface area contributed by atoms with Crippen molar-refractivity contribution in [2.24, 2.45) is 0 Å². The number of nitrogens with one attached hydrogen (secondary N) is 2. The summed E-state index contributed by atoms with van der Waals surface area (Å²) in [5.74, 6) is 0.503. The highest BCUT2D eigenvalue weighted by atomic mass is 35.5. The smallest absolute Gasteiger partial charge is 0.456 e. The number of rotatable bonds is 22. The lowest BCUT2D eigenvalue weighted by Crippen LogP contribution is -2.49. The molecule has 0 bridgehead atoms. The highest BCUT2D eigenvalue weighted by Gasteiger charge is 2.50. The van der Waals surface area contributed by atoms with Crippen LogP contribution in [0.15, 0.2) is 42.7 Å². The number of hydrogen-bond acceptors (Lipinski definition) is 15. The van der Waals surface area contributed by atoms with E-state index in [4.69, 9.17) is 66.1 Å². The Morgan fingerprint density at radius 3 is 2.22 bits per heavy atom. The Hall–Kier alpha value is -5.20. The Bertz CT molecular complexity index is 3850. The van der Waals surface area contributed by atoms with Gasteiger partial charge in [0.15, 0.2) is 28.7 Å². The summed E-state index contributed by atoms with van der Waals surface area (Å²) in [4.78, 5) is 82.5. The molecule has 3 aromatic carbocycles. The SMILES string of the molecule is CCN1c2cc3c(cc2C(C)=CC1(C)C)C(c1c(Cl)c(Cl)c(Cl)c(Cl)c1C(=O)N(C)CCCC(=O)NCCCCCCNc1nc2c(N)ncnc2n1[C@@H]1O[C@H](COP(=O)(O)O)[C@@H](OP(=O)(O)O)[C@H]1O)=c1cc2c(cc1O3)=[N+](CC)C(C)(C)C=C2C. The maximum absolute atomic E-state index is 15.1. The number of phosphoric acid groups is 2. The molecule has 4 atom stereocenters. The fraction of sp³-hybridized carbons (Fsp3) is 0.474. The second-order valence-corrected chi connectivity index (χ2v) is 26.8. The Balaban J connectivity index is 0.873. The molecule has 86 heavy (non-hydrogen) atoms. The quantitative estimate of drug-likeness (QED) is 0.0104. The number of amides is 2. The van der Waals surface area contributed by atoms with E-state index in [0.29, 0.717) is 72.2 Å². The number of allylic oxidation sites excluding steroid dienone is 2. The largest absolute Gasteiger partial charge is 0.470 e. The summed E-state index contributed by atoms with van der Waals surface area (Å²) in [6.07, 6.45) is 2.03. The molecule has 1 fully saturated rings. The van der Waals surface area contributed by atoms with E-state index in [-0.39, 0.29) is 78.5 Å². The fourth-order valence-electron chi connectivity index (χ4n) is 12.2. The molecule has 0 radical (unpaired) electrons. The molecule has 464 valence electrons. The first kappa shape index (κ1) is 65.3. The topological polar surface area (TPSA) is 310 Å². The molecule has 5 aromatic rings. The molecule has 9 rings (SSSR count). The van der Waals surface area contributed by atoms with Gasteiger partial charge in [-0.2, -0.15) is 0 Å². The van der Waals surface area contributed by atoms with Crippen molar-refractivity contribution in [1.29, 1.82) is 0 Å². The number of aromatic nitrogens is 4. The summed E-state index contributed by atoms with van der Waals surface area (Å²) in [5, 5.41) is 19.0. The van der Waals surface area contributed by atoms with Crippen LogP contribution in [0.1, 0.15) is 133 Å². The highest BCUT2D eigenvalue weighted by molar-refractivity contribution is 7.46. The van der Waals surface area contributed by atoms with E-state index in [1.54, 1.807) is 7.05 Å². The second kappa shape index (κ2) is 25.4. The third-order valence-electron chi connectivity index (χ3n) is 16.0. The van der Waals surface area contributed by atoms with Crippen LogP contribution in [-0.2, 0) is 27.7 Å². The standard InChI is InChI=1S/C57H70Cl4N10O13P2/c1-10-69-35-23-37-33(21-31(35)29(3)25-56(69,5)6)41(34-22-32-30(4)26-57(7,8)70(11-2)36(32)24-38(34)82-37)42-43(45(59)47(61)46(60)44(42)58)53(74)68(9)20-16-17-40(72)63-18-14-12-13-15-19-64-55-67-48-51(62)65-28-66-52(48)71(55)54-49(73)50(84-86(78,79)80)39(83-54)27-81-85(75,76)77/h21-26,28,39,49-50,54,62,73H,10-20,27H2,1-9H3,(H6,63,72,74,75,76,77,78,79,80)/p+1/t39-,49-,50-,54-/m1/s1. The first-order chi connectivity index (χ1) is 40.4. The van der Waals surface area contributed by atoms with Gasteiger partial charge >= 0.3 is 15.6 Å². The van der Waals surface area contributed by atoms with Crippen LogP contribution in [0, 0.1) is 0 Å². The lowest BCUT2D eigenvalue weighted by molar-refractivity contribution is -0.121. The second-order valence-electron chi connectivity index (χ2n) is 22.8. The van der Waals surface area contributed by atoms with Crippen molar-refractivity contribution >= 4 is 119 Å². The number of carbonyl (C=O) groups is 2. The maximum atomic E-state index is 15.1. The van der Waals surface area contributed by atoms with Gasteiger partial charge in [0.25, 0.3) is 5.91 Å². The number of hydrogen-bond donors (Lipinski definition) is 8. The lowest BCUT2D eigenvalue weighted by atomic mass is 9.83. The third-order valence-corrected chi connectivity index (χ3v) is 18.8. The van der Waals surface area contributed by atoms with Crippen molar-refractivity contribution < 1.29 is 61.9 Å². The minimum Gasteiger partial charge on any atom is -0.456 e. The lowest BCUT2D eigenvalue weighted by Gasteiger charge is -2.43. The number of nitrogens with two attached hydrogens (primary N) is 1. The predicted molar refractivity (Wildman–Crippen MR) is 331 cm³/mol. The number of nitrogens with zero attached hydrogens (tertiary/aromatic N) is 7. The number of fused-ring (bicyclic) bond motifs is 5. The number of halogens is 4. The van der Waals surface area contributed by atoms with Crippen LogP contribution in [-0.4, -0.2) is 137 Å². The van der Waals surface area contributed by atoms with Crippen molar-refractivity contribution in [2.45, 2.75) is 130 Å². The van der Waals surface area contributed by atoms with Crippen LogP contribution in [0.3, 0.4) is 0 Å². The van der Waals surface area contributed by atoms with Crippen LogP contribution in [0.2, 0.25) is 20.1 Å². The number of imidazole rings is 1. The molecular weight excluding hydrogens is 1240 g/mol. The van der Waals surface area contributed by atoms with E-state index in [1.807, 2.05) is 0 Å². The van der Waals surface area contributed by atoms with Crippen molar-refractivity contribution in [3.8, 4) is 11.5 Å². The summed E-state index contributed by atoms with van der Waals surface area (Å²) in [6.45, 7) is 18.6. The van der Waals surface area contributed by atoms with E-state index in [9.17, 15) is 38.6 Å². The van der Waals surface area contributed by atoms with Crippen LogP contribution in [0.4, 0.5) is 17.5 Å². The Labute approximate surface area is 517 Å². The normalized spacial score (nSPS) is 19.5. The number of ether oxygens (including phenoxy) is 2. The van der Waals surface area contributed by atoms with E-state index < -0.39 is 52.7 Å². The number of carbonyl (C=O) groups excluding carboxylic acids is 2. The molecule has 1 saturated heterocycles. The molecule has 0 saturated carbocycles. The van der Waals surface area contributed by atoms with Crippen LogP contribution in [0.5, 0.6) is 11.5 Å². The summed E-state index contributed by atoms with van der Waals surface area (Å²) in [7, 11) is -8.70. The Kier molecular flexibility index (Phi) is 19.2. The molecule has 0 aliphatic carbocycles. The van der Waals surface area contributed by atoms with Gasteiger partial charge in [-0.1, -0.05) is 65.3 Å². The van der Waals surface area contributed by atoms with E-state index in [1.165, 1.54) is 9.47 Å². The van der Waals surface area contributed by atoms with E-state index in [2.05, 4.69) is 131 Å². The Morgan fingerprint density at radius 2 is 1.55 bits per heavy atom. The van der Waals surface area contributed by atoms with Crippen molar-refractivity contribution in [3.05, 3.63) is 101 Å². The van der Waals surface area contributed by atoms with Crippen molar-refractivity contribution in [3.63, 3.8) is 0 Å². The number of benzene rings is 3. The molecule has 29 heteroatoms. The zero-order chi connectivity index (χ0) is 62.7. The summed E-state index contributed by atoms with van der Waals surface area (Å²) < 4.78 is 49.1. The summed E-state index contributed by atoms with van der Waals surface area (Å²) >= 11 is 28.4. The predicted octanol–water partition coefficient (Wildman–Crippen LogP) is 8.59. The number of phosphoric ester groups is 2.